The maximum absolute atomic E-state index is 11.9. The summed E-state index contributed by atoms with van der Waals surface area (Å²) in [6.45, 7) is 3.24. The van der Waals surface area contributed by atoms with Gasteiger partial charge in [-0.05, 0) is 13.3 Å². The van der Waals surface area contributed by atoms with E-state index in [0.717, 1.165) is 0 Å². The summed E-state index contributed by atoms with van der Waals surface area (Å²) in [5.74, 6) is -0.471. The van der Waals surface area contributed by atoms with Crippen molar-refractivity contribution in [2.24, 2.45) is 0 Å². The van der Waals surface area contributed by atoms with E-state index in [4.69, 9.17) is 0 Å². The van der Waals surface area contributed by atoms with Crippen molar-refractivity contribution in [3.63, 3.8) is 0 Å². The zero-order valence-electron chi connectivity index (χ0n) is 10.5. The molecule has 8 heteroatoms. The Bertz CT molecular complexity index is 387. The van der Waals surface area contributed by atoms with E-state index in [2.05, 4.69) is 4.72 Å². The van der Waals surface area contributed by atoms with E-state index < -0.39 is 34.2 Å². The predicted octanol–water partition coefficient (Wildman–Crippen LogP) is -1.73. The van der Waals surface area contributed by atoms with Crippen LogP contribution in [0, 0.1) is 0 Å². The first-order chi connectivity index (χ1) is 8.26. The summed E-state index contributed by atoms with van der Waals surface area (Å²) in [7, 11) is -3.46. The normalized spacial score (nSPS) is 26.3. The molecule has 1 aliphatic rings. The van der Waals surface area contributed by atoms with Gasteiger partial charge in [-0.2, -0.15) is 0 Å². The molecule has 3 unspecified atom stereocenters. The number of likely N-dealkylation sites (tertiary alicyclic amines) is 1. The lowest BCUT2D eigenvalue weighted by Gasteiger charge is -2.21. The van der Waals surface area contributed by atoms with Gasteiger partial charge in [-0.15, -0.1) is 0 Å². The molecular formula is C10H20N2O5S. The van der Waals surface area contributed by atoms with Crippen molar-refractivity contribution in [2.75, 3.05) is 18.8 Å². The first-order valence-corrected chi connectivity index (χ1v) is 7.57. The number of rotatable bonds is 5. The van der Waals surface area contributed by atoms with E-state index in [0.29, 0.717) is 6.42 Å². The van der Waals surface area contributed by atoms with Crippen LogP contribution < -0.4 is 4.72 Å². The average Bonchev–Trinajstić information content (AvgIpc) is 2.57. The number of hydrogen-bond acceptors (Lipinski definition) is 5. The SMILES string of the molecule is CCCS(=O)(=O)NC(C)C(=O)N1CC(O)C(O)C1. The Morgan fingerprint density at radius 1 is 1.39 bits per heavy atom. The molecule has 1 aliphatic heterocycles. The van der Waals surface area contributed by atoms with Crippen LogP contribution >= 0.6 is 0 Å². The molecule has 0 radical (unpaired) electrons. The topological polar surface area (TPSA) is 107 Å². The summed E-state index contributed by atoms with van der Waals surface area (Å²) in [5.41, 5.74) is 0. The number of sulfonamides is 1. The van der Waals surface area contributed by atoms with Crippen LogP contribution in [-0.2, 0) is 14.8 Å². The maximum Gasteiger partial charge on any atom is 0.240 e. The molecule has 3 atom stereocenters. The van der Waals surface area contributed by atoms with Crippen molar-refractivity contribution >= 4 is 15.9 Å². The van der Waals surface area contributed by atoms with Gasteiger partial charge in [-0.25, -0.2) is 13.1 Å². The zero-order chi connectivity index (χ0) is 13.9. The Morgan fingerprint density at radius 2 is 1.89 bits per heavy atom. The van der Waals surface area contributed by atoms with Crippen LogP contribution in [0.25, 0.3) is 0 Å². The summed E-state index contributed by atoms with van der Waals surface area (Å²) >= 11 is 0. The first kappa shape index (κ1) is 15.4. The Balaban J connectivity index is 2.57. The van der Waals surface area contributed by atoms with Crippen LogP contribution in [-0.4, -0.2) is 66.5 Å². The highest BCUT2D eigenvalue weighted by Crippen LogP contribution is 2.11. The third-order valence-electron chi connectivity index (χ3n) is 2.77. The standard InChI is InChI=1S/C10H20N2O5S/c1-3-4-18(16,17)11-7(2)10(15)12-5-8(13)9(14)6-12/h7-9,11,13-14H,3-6H2,1-2H3. The van der Waals surface area contributed by atoms with Crippen molar-refractivity contribution < 1.29 is 23.4 Å². The monoisotopic (exact) mass is 280 g/mol. The predicted molar refractivity (Wildman–Crippen MR) is 65.3 cm³/mol. The molecule has 18 heavy (non-hydrogen) atoms. The molecule has 0 spiro atoms. The molecule has 1 heterocycles. The second-order valence-electron chi connectivity index (χ2n) is 4.54. The number of β-amino-alcohol motifs (C(OH)–C–C–N with tert-alkyl or cyclic N) is 2. The molecule has 1 amide bonds. The molecule has 3 N–H and O–H groups in total. The highest BCUT2D eigenvalue weighted by Gasteiger charge is 2.35. The molecule has 1 fully saturated rings. The van der Waals surface area contributed by atoms with Crippen LogP contribution in [0.15, 0.2) is 0 Å². The van der Waals surface area contributed by atoms with Crippen LogP contribution in [0.1, 0.15) is 20.3 Å². The third-order valence-corrected chi connectivity index (χ3v) is 4.43. The molecule has 0 aromatic rings. The molecule has 7 nitrogen and oxygen atoms in total. The second-order valence-corrected chi connectivity index (χ2v) is 6.41. The van der Waals surface area contributed by atoms with Crippen molar-refractivity contribution in [3.8, 4) is 0 Å². The lowest BCUT2D eigenvalue weighted by molar-refractivity contribution is -0.132. The number of carbonyl (C=O) groups is 1. The zero-order valence-corrected chi connectivity index (χ0v) is 11.4. The Kier molecular flexibility index (Phi) is 5.09. The largest absolute Gasteiger partial charge is 0.388 e. The number of aliphatic hydroxyl groups is 2. The fourth-order valence-electron chi connectivity index (χ4n) is 1.87. The quantitative estimate of drug-likeness (QED) is 0.555. The molecule has 0 aliphatic carbocycles. The lowest BCUT2D eigenvalue weighted by Crippen LogP contribution is -2.47. The Hall–Kier alpha value is -0.700. The van der Waals surface area contributed by atoms with Gasteiger partial charge < -0.3 is 15.1 Å². The van der Waals surface area contributed by atoms with Crippen LogP contribution in [0.2, 0.25) is 0 Å². The van der Waals surface area contributed by atoms with Crippen molar-refractivity contribution in [1.82, 2.24) is 9.62 Å². The highest BCUT2D eigenvalue weighted by molar-refractivity contribution is 7.89. The number of aliphatic hydroxyl groups excluding tert-OH is 2. The fraction of sp³-hybridized carbons (Fsp3) is 0.900. The molecule has 1 rings (SSSR count). The summed E-state index contributed by atoms with van der Waals surface area (Å²) in [6, 6.07) is -0.890. The van der Waals surface area contributed by atoms with Gasteiger partial charge in [-0.1, -0.05) is 6.92 Å². The molecule has 106 valence electrons. The summed E-state index contributed by atoms with van der Waals surface area (Å²) in [6.07, 6.45) is -1.46. The van der Waals surface area contributed by atoms with Gasteiger partial charge >= 0.3 is 0 Å². The van der Waals surface area contributed by atoms with Crippen LogP contribution in [0.4, 0.5) is 0 Å². The van der Waals surface area contributed by atoms with Crippen molar-refractivity contribution in [2.45, 2.75) is 38.5 Å². The third kappa shape index (κ3) is 3.91. The summed E-state index contributed by atoms with van der Waals surface area (Å²) in [4.78, 5) is 13.2. The number of carbonyl (C=O) groups excluding carboxylic acids is 1. The Morgan fingerprint density at radius 3 is 2.33 bits per heavy atom. The van der Waals surface area contributed by atoms with E-state index in [1.807, 2.05) is 0 Å². The van der Waals surface area contributed by atoms with E-state index >= 15 is 0 Å². The van der Waals surface area contributed by atoms with E-state index in [1.54, 1.807) is 6.92 Å². The number of hydrogen-bond donors (Lipinski definition) is 3. The van der Waals surface area contributed by atoms with E-state index in [1.165, 1.54) is 11.8 Å². The molecule has 0 aromatic carbocycles. The minimum Gasteiger partial charge on any atom is -0.388 e. The van der Waals surface area contributed by atoms with Gasteiger partial charge in [0.25, 0.3) is 0 Å². The second kappa shape index (κ2) is 5.96. The lowest BCUT2D eigenvalue weighted by atomic mass is 10.3. The van der Waals surface area contributed by atoms with Gasteiger partial charge in [0.2, 0.25) is 15.9 Å². The van der Waals surface area contributed by atoms with Gasteiger partial charge in [0.15, 0.2) is 0 Å². The molecule has 0 saturated carbocycles. The number of amides is 1. The first-order valence-electron chi connectivity index (χ1n) is 5.91. The number of nitrogens with one attached hydrogen (secondary N) is 1. The smallest absolute Gasteiger partial charge is 0.240 e. The minimum absolute atomic E-state index is 0.0276. The van der Waals surface area contributed by atoms with Gasteiger partial charge in [-0.3, -0.25) is 4.79 Å². The van der Waals surface area contributed by atoms with Gasteiger partial charge in [0.1, 0.15) is 0 Å². The van der Waals surface area contributed by atoms with E-state index in [-0.39, 0.29) is 18.8 Å². The molecular weight excluding hydrogens is 260 g/mol. The average molecular weight is 280 g/mol. The van der Waals surface area contributed by atoms with Crippen LogP contribution in [0.5, 0.6) is 0 Å². The van der Waals surface area contributed by atoms with Gasteiger partial charge in [0, 0.05) is 13.1 Å². The molecule has 1 saturated heterocycles. The number of nitrogens with zero attached hydrogens (tertiary/aromatic N) is 1. The molecule has 0 bridgehead atoms. The maximum atomic E-state index is 11.9. The van der Waals surface area contributed by atoms with Crippen molar-refractivity contribution in [3.05, 3.63) is 0 Å². The van der Waals surface area contributed by atoms with Gasteiger partial charge in [0.05, 0.1) is 24.0 Å². The molecule has 0 aromatic heterocycles. The summed E-state index contributed by atoms with van der Waals surface area (Å²) < 4.78 is 25.3. The van der Waals surface area contributed by atoms with Crippen molar-refractivity contribution in [1.29, 1.82) is 0 Å². The van der Waals surface area contributed by atoms with E-state index in [9.17, 15) is 23.4 Å². The van der Waals surface area contributed by atoms with Crippen LogP contribution in [0.3, 0.4) is 0 Å². The highest BCUT2D eigenvalue weighted by atomic mass is 32.2. The minimum atomic E-state index is -3.46. The Labute approximate surface area is 107 Å². The fourth-order valence-corrected chi connectivity index (χ4v) is 3.17. The summed E-state index contributed by atoms with van der Waals surface area (Å²) in [5, 5.41) is 18.7.